The number of anilines is 1. The predicted octanol–water partition coefficient (Wildman–Crippen LogP) is 1.36. The number of amides is 1. The average Bonchev–Trinajstić information content (AvgIpc) is 2.48. The molecule has 5 heteroatoms. The van der Waals surface area contributed by atoms with E-state index in [2.05, 4.69) is 21.2 Å². The summed E-state index contributed by atoms with van der Waals surface area (Å²) in [7, 11) is 0. The maximum absolute atomic E-state index is 11.3. The zero-order valence-electron chi connectivity index (χ0n) is 11.5. The lowest BCUT2D eigenvalue weighted by Crippen LogP contribution is -2.35. The summed E-state index contributed by atoms with van der Waals surface area (Å²) in [5, 5.41) is 2.94. The Bertz CT molecular complexity index is 649. The number of nitrogens with two attached hydrogens (primary N) is 1. The van der Waals surface area contributed by atoms with Crippen LogP contribution in [0.25, 0.3) is 0 Å². The Labute approximate surface area is 123 Å². The Morgan fingerprint density at radius 3 is 2.76 bits per heavy atom. The highest BCUT2D eigenvalue weighted by Crippen LogP contribution is 2.09. The van der Waals surface area contributed by atoms with Gasteiger partial charge in [0.1, 0.15) is 17.7 Å². The number of aromatic nitrogens is 2. The summed E-state index contributed by atoms with van der Waals surface area (Å²) in [5.41, 5.74) is 6.41. The summed E-state index contributed by atoms with van der Waals surface area (Å²) < 4.78 is 0. The van der Waals surface area contributed by atoms with E-state index in [1.165, 1.54) is 0 Å². The van der Waals surface area contributed by atoms with Crippen LogP contribution >= 0.6 is 0 Å². The third-order valence-corrected chi connectivity index (χ3v) is 2.90. The molecule has 106 valence electrons. The van der Waals surface area contributed by atoms with Gasteiger partial charge in [0.2, 0.25) is 5.91 Å². The molecule has 2 rings (SSSR count). The largest absolute Gasteiger partial charge is 0.368 e. The van der Waals surface area contributed by atoms with Crippen molar-refractivity contribution in [1.29, 1.82) is 0 Å². The molecule has 2 aromatic rings. The molecule has 0 aliphatic rings. The first-order valence-electron chi connectivity index (χ1n) is 6.54. The van der Waals surface area contributed by atoms with Crippen molar-refractivity contribution >= 4 is 11.7 Å². The molecule has 1 aromatic heterocycles. The van der Waals surface area contributed by atoms with Crippen LogP contribution in [0.1, 0.15) is 17.8 Å². The lowest BCUT2D eigenvalue weighted by molar-refractivity contribution is -0.118. The third kappa shape index (κ3) is 4.32. The molecule has 1 heterocycles. The van der Waals surface area contributed by atoms with E-state index in [4.69, 9.17) is 12.2 Å². The molecular weight excluding hydrogens is 264 g/mol. The van der Waals surface area contributed by atoms with Crippen molar-refractivity contribution in [2.24, 2.45) is 5.73 Å². The first kappa shape index (κ1) is 14.5. The minimum atomic E-state index is -0.630. The van der Waals surface area contributed by atoms with Crippen molar-refractivity contribution in [3.63, 3.8) is 0 Å². The van der Waals surface area contributed by atoms with Crippen LogP contribution in [-0.4, -0.2) is 21.9 Å². The highest BCUT2D eigenvalue weighted by Gasteiger charge is 2.14. The highest BCUT2D eigenvalue weighted by atomic mass is 16.1. The minimum Gasteiger partial charge on any atom is -0.368 e. The molecular formula is C16H16N4O. The molecule has 0 spiro atoms. The van der Waals surface area contributed by atoms with Crippen LogP contribution in [-0.2, 0) is 11.2 Å². The van der Waals surface area contributed by atoms with E-state index in [0.29, 0.717) is 18.1 Å². The van der Waals surface area contributed by atoms with Crippen LogP contribution < -0.4 is 11.1 Å². The molecule has 21 heavy (non-hydrogen) atoms. The van der Waals surface area contributed by atoms with Gasteiger partial charge in [-0.15, -0.1) is 12.3 Å². The van der Waals surface area contributed by atoms with Crippen LogP contribution in [0.2, 0.25) is 0 Å². The fraction of sp³-hybridized carbons (Fsp3) is 0.188. The highest BCUT2D eigenvalue weighted by molar-refractivity contribution is 5.82. The quantitative estimate of drug-likeness (QED) is 0.783. The maximum Gasteiger partial charge on any atom is 0.240 e. The molecule has 0 bridgehead atoms. The van der Waals surface area contributed by atoms with Gasteiger partial charge in [0.05, 0.1) is 0 Å². The van der Waals surface area contributed by atoms with Gasteiger partial charge in [-0.2, -0.15) is 0 Å². The number of nitrogens with one attached hydrogen (secondary N) is 1. The Morgan fingerprint density at radius 1 is 1.33 bits per heavy atom. The molecule has 0 radical (unpaired) electrons. The van der Waals surface area contributed by atoms with Gasteiger partial charge in [-0.3, -0.25) is 4.79 Å². The molecule has 3 N–H and O–H groups in total. The van der Waals surface area contributed by atoms with Crippen molar-refractivity contribution in [2.45, 2.75) is 18.9 Å². The Balaban J connectivity index is 2.10. The number of rotatable bonds is 6. The zero-order chi connectivity index (χ0) is 15.1. The Kier molecular flexibility index (Phi) is 4.89. The Hall–Kier alpha value is -2.87. The van der Waals surface area contributed by atoms with Crippen LogP contribution in [0.3, 0.4) is 0 Å². The maximum atomic E-state index is 11.3. The van der Waals surface area contributed by atoms with Gasteiger partial charge in [-0.05, 0) is 11.6 Å². The normalized spacial score (nSPS) is 11.4. The molecule has 0 unspecified atom stereocenters. The lowest BCUT2D eigenvalue weighted by Gasteiger charge is -2.13. The van der Waals surface area contributed by atoms with Crippen LogP contribution in [0, 0.1) is 12.3 Å². The third-order valence-electron chi connectivity index (χ3n) is 2.90. The second-order valence-corrected chi connectivity index (χ2v) is 4.53. The summed E-state index contributed by atoms with van der Waals surface area (Å²) >= 11 is 0. The number of terminal acetylenes is 1. The van der Waals surface area contributed by atoms with Crippen molar-refractivity contribution in [3.8, 4) is 12.3 Å². The predicted molar refractivity (Wildman–Crippen MR) is 81.3 cm³/mol. The zero-order valence-corrected chi connectivity index (χ0v) is 11.5. The van der Waals surface area contributed by atoms with Crippen molar-refractivity contribution in [1.82, 2.24) is 9.97 Å². The van der Waals surface area contributed by atoms with E-state index in [1.54, 1.807) is 12.3 Å². The number of primary amides is 1. The van der Waals surface area contributed by atoms with Gasteiger partial charge in [-0.25, -0.2) is 9.97 Å². The Morgan fingerprint density at radius 2 is 2.10 bits per heavy atom. The topological polar surface area (TPSA) is 80.9 Å². The van der Waals surface area contributed by atoms with Crippen molar-refractivity contribution < 1.29 is 4.79 Å². The summed E-state index contributed by atoms with van der Waals surface area (Å²) in [4.78, 5) is 19.9. The van der Waals surface area contributed by atoms with E-state index < -0.39 is 11.9 Å². The fourth-order valence-corrected chi connectivity index (χ4v) is 1.86. The monoisotopic (exact) mass is 280 g/mol. The van der Waals surface area contributed by atoms with E-state index >= 15 is 0 Å². The minimum absolute atomic E-state index is 0.216. The second-order valence-electron chi connectivity index (χ2n) is 4.53. The summed E-state index contributed by atoms with van der Waals surface area (Å²) in [6.45, 7) is 0. The lowest BCUT2D eigenvalue weighted by atomic mass is 10.1. The van der Waals surface area contributed by atoms with Gasteiger partial charge in [0, 0.05) is 19.0 Å². The van der Waals surface area contributed by atoms with Crippen molar-refractivity contribution in [3.05, 3.63) is 54.0 Å². The molecule has 0 aliphatic carbocycles. The van der Waals surface area contributed by atoms with Crippen LogP contribution in [0.15, 0.2) is 42.6 Å². The van der Waals surface area contributed by atoms with Gasteiger partial charge in [0.15, 0.2) is 0 Å². The average molecular weight is 280 g/mol. The molecule has 1 aromatic carbocycles. The molecule has 1 atom stereocenters. The number of nitrogens with zero attached hydrogens (tertiary/aromatic N) is 2. The number of carbonyl (C=O) groups excluding carboxylic acids is 1. The summed E-state index contributed by atoms with van der Waals surface area (Å²) in [5.74, 6) is 3.11. The summed E-state index contributed by atoms with van der Waals surface area (Å²) in [6.07, 6.45) is 7.70. The van der Waals surface area contributed by atoms with Gasteiger partial charge < -0.3 is 11.1 Å². The second kappa shape index (κ2) is 7.06. The first-order chi connectivity index (χ1) is 10.2. The number of benzene rings is 1. The van der Waals surface area contributed by atoms with Gasteiger partial charge >= 0.3 is 0 Å². The standard InChI is InChI=1S/C16H16N4O/c1-2-6-13(16(17)21)19-14-9-10-18-15(20-14)11-12-7-4-3-5-8-12/h1,3-5,7-10,13H,6,11H2,(H2,17,21)(H,18,19,20)/t13-/m0/s1. The molecule has 0 saturated carbocycles. The van der Waals surface area contributed by atoms with E-state index in [0.717, 1.165) is 5.56 Å². The smallest absolute Gasteiger partial charge is 0.240 e. The van der Waals surface area contributed by atoms with Crippen molar-refractivity contribution in [2.75, 3.05) is 5.32 Å². The van der Waals surface area contributed by atoms with E-state index in [-0.39, 0.29) is 6.42 Å². The van der Waals surface area contributed by atoms with Gasteiger partial charge in [-0.1, -0.05) is 30.3 Å². The molecule has 0 aliphatic heterocycles. The van der Waals surface area contributed by atoms with Crippen LogP contribution in [0.5, 0.6) is 0 Å². The fourth-order valence-electron chi connectivity index (χ4n) is 1.86. The van der Waals surface area contributed by atoms with E-state index in [1.807, 2.05) is 30.3 Å². The number of carbonyl (C=O) groups is 1. The number of hydrogen-bond acceptors (Lipinski definition) is 4. The van der Waals surface area contributed by atoms with Crippen LogP contribution in [0.4, 0.5) is 5.82 Å². The SMILES string of the molecule is C#CC[C@H](Nc1ccnc(Cc2ccccc2)n1)C(N)=O. The van der Waals surface area contributed by atoms with E-state index in [9.17, 15) is 4.79 Å². The van der Waals surface area contributed by atoms with Gasteiger partial charge in [0.25, 0.3) is 0 Å². The molecule has 1 amide bonds. The molecule has 0 fully saturated rings. The summed E-state index contributed by atoms with van der Waals surface area (Å²) in [6, 6.07) is 11.0. The molecule has 0 saturated heterocycles. The first-order valence-corrected chi connectivity index (χ1v) is 6.54. The molecule has 5 nitrogen and oxygen atoms in total. The number of hydrogen-bond donors (Lipinski definition) is 2.